The molecule has 7 heteroatoms. The predicted octanol–water partition coefficient (Wildman–Crippen LogP) is 0.876. The van der Waals surface area contributed by atoms with Crippen molar-refractivity contribution in [2.45, 2.75) is 26.8 Å². The molecule has 0 aliphatic carbocycles. The Bertz CT molecular complexity index is 929. The minimum Gasteiger partial charge on any atom is -0.872 e. The van der Waals surface area contributed by atoms with Crippen LogP contribution in [0.15, 0.2) is 46.4 Å². The minimum atomic E-state index is -0.879. The first-order valence-electron chi connectivity index (χ1n) is 9.79. The van der Waals surface area contributed by atoms with Gasteiger partial charge in [-0.2, -0.15) is 0 Å². The lowest BCUT2D eigenvalue weighted by Crippen LogP contribution is -3.12. The maximum atomic E-state index is 13.3. The van der Waals surface area contributed by atoms with Gasteiger partial charge in [0.15, 0.2) is 0 Å². The van der Waals surface area contributed by atoms with Gasteiger partial charge in [0.1, 0.15) is 23.4 Å². The number of nitrogens with one attached hydrogen (secondary N) is 1. The number of furan rings is 1. The molecular weight excluding hydrogens is 375 g/mol. The second-order valence-corrected chi connectivity index (χ2v) is 7.14. The number of carbonyl (C=O) groups excluding carboxylic acids is 2. The van der Waals surface area contributed by atoms with E-state index in [1.165, 1.54) is 21.9 Å². The van der Waals surface area contributed by atoms with E-state index in [9.17, 15) is 19.1 Å². The molecule has 0 saturated carbocycles. The summed E-state index contributed by atoms with van der Waals surface area (Å²) >= 11 is 0. The normalized spacial score (nSPS) is 18.8. The van der Waals surface area contributed by atoms with Gasteiger partial charge in [0.25, 0.3) is 5.91 Å². The van der Waals surface area contributed by atoms with Crippen LogP contribution in [0.1, 0.15) is 37.0 Å². The van der Waals surface area contributed by atoms with Crippen molar-refractivity contribution >= 4 is 17.4 Å². The van der Waals surface area contributed by atoms with Gasteiger partial charge in [-0.15, -0.1) is 0 Å². The highest BCUT2D eigenvalue weighted by molar-refractivity contribution is 6.46. The van der Waals surface area contributed by atoms with Crippen molar-refractivity contribution < 1.29 is 28.4 Å². The topological polar surface area (TPSA) is 78.0 Å². The molecule has 1 aliphatic heterocycles. The average molecular weight is 400 g/mol. The first kappa shape index (κ1) is 20.8. The molecule has 1 saturated heterocycles. The Labute approximate surface area is 169 Å². The van der Waals surface area contributed by atoms with Crippen LogP contribution in [0.3, 0.4) is 0 Å². The number of halogens is 1. The third-order valence-electron chi connectivity index (χ3n) is 5.37. The number of hydrogen-bond donors (Lipinski definition) is 1. The van der Waals surface area contributed by atoms with Gasteiger partial charge >= 0.3 is 0 Å². The van der Waals surface area contributed by atoms with Crippen LogP contribution in [0, 0.1) is 12.7 Å². The van der Waals surface area contributed by atoms with Gasteiger partial charge in [-0.1, -0.05) is 17.9 Å². The fourth-order valence-corrected chi connectivity index (χ4v) is 3.64. The Morgan fingerprint density at radius 1 is 1.14 bits per heavy atom. The van der Waals surface area contributed by atoms with Crippen molar-refractivity contribution in [2.24, 2.45) is 0 Å². The van der Waals surface area contributed by atoms with Gasteiger partial charge in [0, 0.05) is 5.57 Å². The Morgan fingerprint density at radius 3 is 2.34 bits per heavy atom. The summed E-state index contributed by atoms with van der Waals surface area (Å²) in [5.41, 5.74) is 0.0116. The monoisotopic (exact) mass is 400 g/mol. The van der Waals surface area contributed by atoms with Gasteiger partial charge in [0.2, 0.25) is 5.78 Å². The van der Waals surface area contributed by atoms with E-state index in [4.69, 9.17) is 4.42 Å². The zero-order chi connectivity index (χ0) is 21.1. The zero-order valence-electron chi connectivity index (χ0n) is 16.8. The molecule has 1 amide bonds. The van der Waals surface area contributed by atoms with E-state index in [0.717, 1.165) is 25.2 Å². The second-order valence-electron chi connectivity index (χ2n) is 7.14. The highest BCUT2D eigenvalue weighted by Crippen LogP contribution is 2.38. The number of ketones is 1. The highest BCUT2D eigenvalue weighted by Gasteiger charge is 2.45. The smallest absolute Gasteiger partial charge is 0.295 e. The van der Waals surface area contributed by atoms with Gasteiger partial charge in [-0.25, -0.2) is 4.39 Å². The van der Waals surface area contributed by atoms with Crippen LogP contribution < -0.4 is 10.0 Å². The van der Waals surface area contributed by atoms with Crippen molar-refractivity contribution in [3.63, 3.8) is 0 Å². The molecule has 1 aliphatic rings. The number of carbonyl (C=O) groups is 2. The number of nitrogens with zero attached hydrogens (tertiary/aromatic N) is 1. The van der Waals surface area contributed by atoms with Crippen molar-refractivity contribution in [1.29, 1.82) is 0 Å². The highest BCUT2D eigenvalue weighted by atomic mass is 19.1. The van der Waals surface area contributed by atoms with E-state index in [1.807, 2.05) is 0 Å². The molecule has 29 heavy (non-hydrogen) atoms. The molecule has 1 N–H and O–H groups in total. The summed E-state index contributed by atoms with van der Waals surface area (Å²) in [5, 5.41) is 13.1. The Morgan fingerprint density at radius 2 is 1.79 bits per heavy atom. The minimum absolute atomic E-state index is 0.148. The summed E-state index contributed by atoms with van der Waals surface area (Å²) in [6, 6.07) is 7.48. The van der Waals surface area contributed by atoms with Gasteiger partial charge in [-0.3, -0.25) is 9.59 Å². The fraction of sp³-hybridized carbons (Fsp3) is 0.364. The van der Waals surface area contributed by atoms with Crippen LogP contribution in [0.25, 0.3) is 5.76 Å². The number of likely N-dealkylation sites (N-methyl/N-ethyl adjacent to an activating group) is 1. The molecule has 0 radical (unpaired) electrons. The van der Waals surface area contributed by atoms with E-state index in [2.05, 4.69) is 13.8 Å². The van der Waals surface area contributed by atoms with E-state index < -0.39 is 29.3 Å². The largest absolute Gasteiger partial charge is 0.872 e. The number of rotatable bonds is 7. The molecule has 1 unspecified atom stereocenters. The fourth-order valence-electron chi connectivity index (χ4n) is 3.64. The first-order valence-corrected chi connectivity index (χ1v) is 9.79. The lowest BCUT2D eigenvalue weighted by atomic mass is 9.99. The molecule has 6 nitrogen and oxygen atoms in total. The maximum Gasteiger partial charge on any atom is 0.295 e. The standard InChI is InChI=1S/C22H25FN2O4/c1-4-24(5-2)12-13-25-19(17-11-6-14(3)29-17)18(21(27)22(25)28)20(26)15-7-9-16(23)10-8-15/h6-11,19,26H,4-5,12-13H2,1-3H3/b20-18+. The third kappa shape index (κ3) is 4.10. The van der Waals surface area contributed by atoms with E-state index in [0.29, 0.717) is 24.6 Å². The molecule has 0 spiro atoms. The van der Waals surface area contributed by atoms with Crippen LogP contribution in [0.2, 0.25) is 0 Å². The van der Waals surface area contributed by atoms with Crippen LogP contribution in [0.4, 0.5) is 4.39 Å². The van der Waals surface area contributed by atoms with Crippen molar-refractivity contribution in [1.82, 2.24) is 4.90 Å². The lowest BCUT2D eigenvalue weighted by molar-refractivity contribution is -0.895. The Kier molecular flexibility index (Phi) is 6.17. The summed E-state index contributed by atoms with van der Waals surface area (Å²) in [6.45, 7) is 8.63. The Hall–Kier alpha value is -2.93. The number of amides is 1. The summed E-state index contributed by atoms with van der Waals surface area (Å²) < 4.78 is 19.0. The van der Waals surface area contributed by atoms with Gasteiger partial charge in [-0.05, 0) is 50.6 Å². The summed E-state index contributed by atoms with van der Waals surface area (Å²) in [4.78, 5) is 28.3. The molecule has 1 fully saturated rings. The van der Waals surface area contributed by atoms with Gasteiger partial charge < -0.3 is 19.3 Å². The van der Waals surface area contributed by atoms with Crippen molar-refractivity contribution in [2.75, 3.05) is 26.2 Å². The van der Waals surface area contributed by atoms with E-state index in [1.54, 1.807) is 19.1 Å². The van der Waals surface area contributed by atoms with E-state index >= 15 is 0 Å². The molecule has 2 heterocycles. The Balaban J connectivity index is 2.06. The third-order valence-corrected chi connectivity index (χ3v) is 5.37. The summed E-state index contributed by atoms with van der Waals surface area (Å²) in [7, 11) is 0. The predicted molar refractivity (Wildman–Crippen MR) is 103 cm³/mol. The molecule has 154 valence electrons. The van der Waals surface area contributed by atoms with Crippen LogP contribution in [-0.4, -0.2) is 42.8 Å². The number of Topliss-reactive ketones (excluding diaryl/α,β-unsaturated/α-hetero) is 1. The van der Waals surface area contributed by atoms with Crippen LogP contribution >= 0.6 is 0 Å². The molecule has 1 atom stereocenters. The van der Waals surface area contributed by atoms with Gasteiger partial charge in [0.05, 0.1) is 26.2 Å². The van der Waals surface area contributed by atoms with Crippen molar-refractivity contribution in [3.8, 4) is 0 Å². The molecule has 1 aromatic carbocycles. The molecule has 2 aromatic rings. The molecule has 1 aromatic heterocycles. The van der Waals surface area contributed by atoms with Crippen LogP contribution in [-0.2, 0) is 9.59 Å². The van der Waals surface area contributed by atoms with Crippen molar-refractivity contribution in [3.05, 3.63) is 64.9 Å². The summed E-state index contributed by atoms with van der Waals surface area (Å²) in [5.74, 6) is -1.60. The maximum absolute atomic E-state index is 13.3. The lowest BCUT2D eigenvalue weighted by Gasteiger charge is -2.27. The number of hydrogen-bond acceptors (Lipinski definition) is 4. The second kappa shape index (κ2) is 8.61. The average Bonchev–Trinajstić information content (AvgIpc) is 3.24. The number of benzene rings is 1. The number of likely N-dealkylation sites (tertiary alicyclic amines) is 1. The quantitative estimate of drug-likeness (QED) is 0.425. The number of aryl methyl sites for hydroxylation is 1. The van der Waals surface area contributed by atoms with Crippen LogP contribution in [0.5, 0.6) is 0 Å². The summed E-state index contributed by atoms with van der Waals surface area (Å²) in [6.07, 6.45) is 0. The first-order chi connectivity index (χ1) is 13.9. The van der Waals surface area contributed by atoms with E-state index in [-0.39, 0.29) is 11.1 Å². The molecule has 0 bridgehead atoms. The SMILES string of the molecule is CC[NH+](CC)CCN1C(=O)C(=O)/C(=C(/[O-])c2ccc(F)cc2)C1c1ccc(C)o1. The molecule has 3 rings (SSSR count). The molecular formula is C22H25FN2O4. The zero-order valence-corrected chi connectivity index (χ0v) is 16.8. The number of quaternary nitrogens is 1.